The van der Waals surface area contributed by atoms with Crippen LogP contribution in [0.1, 0.15) is 34.6 Å². The van der Waals surface area contributed by atoms with Gasteiger partial charge in [0.05, 0.1) is 116 Å². The molecule has 30 saturated heterocycles. The molecule has 30 aliphatic heterocycles. The third kappa shape index (κ3) is 21.7. The lowest BCUT2D eigenvalue weighted by atomic mass is 9.94. The van der Waals surface area contributed by atoms with E-state index in [-0.39, 0.29) is 0 Å². The highest BCUT2D eigenvalue weighted by molar-refractivity contribution is 5.03. The Hall–Kier alpha value is -1.80. The minimum atomic E-state index is -2.28. The van der Waals surface area contributed by atoms with Gasteiger partial charge in [-0.1, -0.05) is 0 Å². The number of aliphatic hydroxyl groups excluding tert-OH is 24. The Kier molecular flexibility index (Phi) is 34.1. The molecule has 5 unspecified atom stereocenters. The summed E-state index contributed by atoms with van der Waals surface area (Å²) in [4.78, 5) is 0. The zero-order valence-corrected chi connectivity index (χ0v) is 59.5. The van der Waals surface area contributed by atoms with Gasteiger partial charge in [-0.05, 0) is 34.6 Å². The zero-order valence-electron chi connectivity index (χ0n) is 59.5. The van der Waals surface area contributed by atoms with Gasteiger partial charge in [0.15, 0.2) is 50.3 Å². The molecule has 30 fully saturated rings. The summed E-state index contributed by atoms with van der Waals surface area (Å²) in [6.45, 7) is -1.83. The highest BCUT2D eigenvalue weighted by atomic mass is 16.8. The molecule has 0 aromatic rings. The topological polar surface area (TPSA) is 679 Å². The van der Waals surface area contributed by atoms with Crippen LogP contribution >= 0.6 is 0 Å². The van der Waals surface area contributed by atoms with Gasteiger partial charge in [-0.2, -0.15) is 0 Å². The van der Waals surface area contributed by atoms with E-state index >= 15 is 0 Å². The van der Waals surface area contributed by atoms with Crippen LogP contribution in [0.3, 0.4) is 0 Å². The maximum atomic E-state index is 12.1. The molecule has 24 N–H and O–H groups in total. The first-order chi connectivity index (χ1) is 51.2. The second-order valence-electron chi connectivity index (χ2n) is 28.5. The SMILES string of the molecule is CC(O)COC[C@H]1O[C@@H]2O[C@H]3[C@H](O)[C@@H](O)[C@@H](O[C@H]4[C@H](O)[C@@H](O)[C@@H](O[C@H]5[C@H](O)[C@@H](O)[C@@H](O[C@H]6[C@H](O)[C@@H](O)[C@@H](O[C@H]7[C@H](O)[C@@H](O)[C@@H](O[C@H]8[C@H](O)[C@@H](O)[C@@H](O[C@H]9[C@H](O)[C@@H](O)[C@@H](O[C@H]1[C@H](O)[C@H]2O)O[C@@H]9CO)O[C@@H]8COCC(C)O)O[C@@H]7COCC(C)O)O[C@@H]6COCC(C)O)O[C@@H]5COCC(C)O)O[C@@H]4CO)O[C@@H]3CO. The van der Waals surface area contributed by atoms with Crippen LogP contribution in [0.25, 0.3) is 0 Å². The highest BCUT2D eigenvalue weighted by Gasteiger charge is 2.61. The molecule has 16 bridgehead atoms. The van der Waals surface area contributed by atoms with Crippen LogP contribution in [0, 0.1) is 0 Å². The number of hydrogen-bond acceptors (Lipinski definition) is 45. The summed E-state index contributed by atoms with van der Waals surface area (Å²) >= 11 is 0. The summed E-state index contributed by atoms with van der Waals surface area (Å²) in [6, 6.07) is 0. The van der Waals surface area contributed by atoms with Crippen molar-refractivity contribution in [2.45, 2.75) is 311 Å². The van der Waals surface area contributed by atoms with Crippen molar-refractivity contribution >= 4 is 0 Å². The molecule has 0 aromatic carbocycles. The molecule has 0 spiro atoms. The van der Waals surface area contributed by atoms with Crippen molar-refractivity contribution in [3.05, 3.63) is 0 Å². The van der Waals surface area contributed by atoms with Crippen LogP contribution in [0.2, 0.25) is 0 Å². The molecule has 45 heteroatoms. The Morgan fingerprint density at radius 3 is 0.435 bits per heavy atom. The van der Waals surface area contributed by atoms with Gasteiger partial charge in [0.2, 0.25) is 0 Å². The Labute approximate surface area is 617 Å². The lowest BCUT2D eigenvalue weighted by Crippen LogP contribution is -2.69. The van der Waals surface area contributed by atoms with E-state index in [1.54, 1.807) is 0 Å². The first-order valence-corrected chi connectivity index (χ1v) is 35.7. The fourth-order valence-electron chi connectivity index (χ4n) is 13.6. The van der Waals surface area contributed by atoms with Crippen molar-refractivity contribution < 1.29 is 222 Å². The maximum absolute atomic E-state index is 12.1. The van der Waals surface area contributed by atoms with Crippen molar-refractivity contribution in [1.82, 2.24) is 0 Å². The molecule has 30 heterocycles. The Morgan fingerprint density at radius 1 is 0.194 bits per heavy atom. The molecular weight excluding hydrogens is 1480 g/mol. The van der Waals surface area contributed by atoms with Crippen LogP contribution in [-0.2, 0) is 99.5 Å². The smallest absolute Gasteiger partial charge is 0.187 e. The van der Waals surface area contributed by atoms with Crippen molar-refractivity contribution in [2.24, 2.45) is 0 Å². The number of rotatable bonds is 23. The Bertz CT molecular complexity index is 2590. The van der Waals surface area contributed by atoms with Gasteiger partial charge in [0.25, 0.3) is 0 Å². The van der Waals surface area contributed by atoms with Crippen molar-refractivity contribution in [1.29, 1.82) is 0 Å². The second kappa shape index (κ2) is 40.9. The molecule has 632 valence electrons. The van der Waals surface area contributed by atoms with Gasteiger partial charge in [-0.25, -0.2) is 0 Å². The van der Waals surface area contributed by atoms with Gasteiger partial charge in [0.1, 0.15) is 195 Å². The molecule has 45 nitrogen and oxygen atoms in total. The first kappa shape index (κ1) is 90.1. The summed E-state index contributed by atoms with van der Waals surface area (Å²) in [6.07, 6.45) is -87.7. The Balaban J connectivity index is 1.05. The minimum absolute atomic E-state index is 0.398. The molecule has 0 amide bonds. The molecule has 0 aromatic heterocycles. The predicted molar refractivity (Wildman–Crippen MR) is 338 cm³/mol. The molecule has 0 radical (unpaired) electrons. The van der Waals surface area contributed by atoms with Crippen LogP contribution in [0.5, 0.6) is 0 Å². The van der Waals surface area contributed by atoms with E-state index in [0.717, 1.165) is 0 Å². The quantitative estimate of drug-likeness (QED) is 0.0452. The zero-order chi connectivity index (χ0) is 79.0. The van der Waals surface area contributed by atoms with Crippen LogP contribution < -0.4 is 0 Å². The molecule has 0 aliphatic carbocycles. The minimum Gasteiger partial charge on any atom is -0.394 e. The van der Waals surface area contributed by atoms with E-state index < -0.39 is 362 Å². The average molecular weight is 1590 g/mol. The molecular formula is C63H110O45. The summed E-state index contributed by atoms with van der Waals surface area (Å²) in [5.74, 6) is 0. The van der Waals surface area contributed by atoms with Crippen LogP contribution in [0.15, 0.2) is 0 Å². The van der Waals surface area contributed by atoms with Gasteiger partial charge in [0, 0.05) is 0 Å². The summed E-state index contributed by atoms with van der Waals surface area (Å²) in [5, 5.41) is 272. The van der Waals surface area contributed by atoms with Crippen LogP contribution in [0.4, 0.5) is 0 Å². The molecule has 0 saturated carbocycles. The van der Waals surface area contributed by atoms with Gasteiger partial charge >= 0.3 is 0 Å². The first-order valence-electron chi connectivity index (χ1n) is 35.7. The standard InChI is InChI=1S/C63H110O45/c1-19(67)9-88-14-27-51-35(75)43(83)59(96-27)102-49-25(7-65)93-56(40(80)32(49)72)101-48-24(6-64)94-57(41(81)33(48)73)105-52-28(15-89-10-20(2)68)98-61(45(85)37(52)77)107-54-30(17-91-12-22(4)70)100-63(47(87)39(54)79)108-55-31(18-92-13-23(5)71)99-62(46(86)38(55)78)106-53-29(16-90-11-21(3)69)97-60(44(84)36(53)76)103-50-26(8-66)95-58(104-51)42(82)34(50)74/h19-87H,6-18H2,1-5H3/t19?,20?,21?,22?,23?,24-,25-,26-,27-,28-,29-,30-,31-,32-,33-,34-,35-,36-,37-,38-,39-,40-,41-,42-,43-,44-,45-,46-,47-,48-,49-,50-,51-,52-,53-,54-,55-,56-,57-,58-,59-,60-,61-,62-,63-/m1/s1. The number of hydrogen-bond donors (Lipinski definition) is 24. The summed E-state index contributed by atoms with van der Waals surface area (Å²) in [7, 11) is 0. The molecule has 108 heavy (non-hydrogen) atoms. The van der Waals surface area contributed by atoms with Crippen molar-refractivity contribution in [3.63, 3.8) is 0 Å². The fourth-order valence-corrected chi connectivity index (χ4v) is 13.6. The molecule has 45 atom stereocenters. The van der Waals surface area contributed by atoms with Crippen molar-refractivity contribution in [3.8, 4) is 0 Å². The fraction of sp³-hybridized carbons (Fsp3) is 1.00. The van der Waals surface area contributed by atoms with E-state index in [4.69, 9.17) is 99.5 Å². The largest absolute Gasteiger partial charge is 0.394 e. The van der Waals surface area contributed by atoms with Gasteiger partial charge < -0.3 is 222 Å². The second-order valence-corrected chi connectivity index (χ2v) is 28.5. The Morgan fingerprint density at radius 2 is 0.315 bits per heavy atom. The van der Waals surface area contributed by atoms with E-state index in [9.17, 15) is 123 Å². The third-order valence-electron chi connectivity index (χ3n) is 19.2. The maximum Gasteiger partial charge on any atom is 0.187 e. The lowest BCUT2D eigenvalue weighted by molar-refractivity contribution is -0.404. The van der Waals surface area contributed by atoms with E-state index in [1.165, 1.54) is 34.6 Å². The molecule has 30 rings (SSSR count). The number of aliphatic hydroxyl groups is 24. The van der Waals surface area contributed by atoms with E-state index in [2.05, 4.69) is 0 Å². The number of ether oxygens (including phenoxy) is 21. The van der Waals surface area contributed by atoms with E-state index in [1.807, 2.05) is 0 Å². The third-order valence-corrected chi connectivity index (χ3v) is 19.2. The van der Waals surface area contributed by atoms with Crippen molar-refractivity contribution in [2.75, 3.05) is 85.9 Å². The monoisotopic (exact) mass is 1590 g/mol. The van der Waals surface area contributed by atoms with Crippen LogP contribution in [-0.4, -0.2) is 485 Å². The normalized spacial score (nSPS) is 48.9. The van der Waals surface area contributed by atoms with E-state index in [0.29, 0.717) is 0 Å². The molecule has 30 aliphatic rings. The van der Waals surface area contributed by atoms with Gasteiger partial charge in [-0.15, -0.1) is 0 Å². The summed E-state index contributed by atoms with van der Waals surface area (Å²) < 4.78 is 124. The highest BCUT2D eigenvalue weighted by Crippen LogP contribution is 2.40. The van der Waals surface area contributed by atoms with Gasteiger partial charge in [-0.3, -0.25) is 0 Å². The summed E-state index contributed by atoms with van der Waals surface area (Å²) in [5.41, 5.74) is 0. The lowest BCUT2D eigenvalue weighted by Gasteiger charge is -2.51. The predicted octanol–water partition coefficient (Wildman–Crippen LogP) is -15.4. The average Bonchev–Trinajstić information content (AvgIpc) is 0.773.